The molecule has 1 aliphatic rings. The normalized spacial score (nSPS) is 17.2. The maximum Gasteiger partial charge on any atom is 0.226 e. The van der Waals surface area contributed by atoms with Gasteiger partial charge in [-0.3, -0.25) is 9.69 Å². The van der Waals surface area contributed by atoms with Crippen LogP contribution in [0.2, 0.25) is 5.02 Å². The van der Waals surface area contributed by atoms with Crippen molar-refractivity contribution in [3.63, 3.8) is 0 Å². The van der Waals surface area contributed by atoms with Crippen molar-refractivity contribution in [3.05, 3.63) is 64.2 Å². The van der Waals surface area contributed by atoms with Crippen LogP contribution in [0.3, 0.4) is 0 Å². The van der Waals surface area contributed by atoms with E-state index >= 15 is 0 Å². The van der Waals surface area contributed by atoms with Crippen LogP contribution in [-0.2, 0) is 24.2 Å². The molecule has 0 aliphatic carbocycles. The van der Waals surface area contributed by atoms with Crippen LogP contribution in [0.1, 0.15) is 16.7 Å². The van der Waals surface area contributed by atoms with Gasteiger partial charge in [0.05, 0.1) is 11.4 Å². The molecule has 0 aromatic heterocycles. The Morgan fingerprint density at radius 3 is 2.72 bits per heavy atom. The number of carbonyl (C=O) groups excluding carboxylic acids is 1. The Labute approximate surface area is 153 Å². The molecule has 1 atom stereocenters. The highest BCUT2D eigenvalue weighted by Crippen LogP contribution is 2.25. The van der Waals surface area contributed by atoms with Gasteiger partial charge in [-0.1, -0.05) is 41.9 Å². The number of phenols is 1. The fourth-order valence-electron chi connectivity index (χ4n) is 3.31. The number of carbonyl (C=O) groups is 1. The molecule has 0 saturated carbocycles. The van der Waals surface area contributed by atoms with Crippen molar-refractivity contribution in [2.45, 2.75) is 25.4 Å². The number of likely N-dealkylation sites (N-methyl/N-ethyl adjacent to an activating group) is 2. The van der Waals surface area contributed by atoms with Crippen LogP contribution in [0.15, 0.2) is 42.5 Å². The predicted octanol–water partition coefficient (Wildman–Crippen LogP) is 3.10. The molecule has 0 bridgehead atoms. The van der Waals surface area contributed by atoms with Crippen molar-refractivity contribution in [1.82, 2.24) is 9.80 Å². The van der Waals surface area contributed by atoms with E-state index in [0.717, 1.165) is 18.5 Å². The third kappa shape index (κ3) is 4.14. The van der Waals surface area contributed by atoms with Crippen molar-refractivity contribution >= 4 is 17.5 Å². The molecule has 3 rings (SSSR count). The summed E-state index contributed by atoms with van der Waals surface area (Å²) in [7, 11) is 3.96. The van der Waals surface area contributed by atoms with Crippen molar-refractivity contribution in [2.75, 3.05) is 20.6 Å². The molecule has 0 radical (unpaired) electrons. The summed E-state index contributed by atoms with van der Waals surface area (Å²) in [6.45, 7) is 1.60. The number of aromatic hydroxyl groups is 1. The van der Waals surface area contributed by atoms with Crippen LogP contribution in [-0.4, -0.2) is 47.5 Å². The first-order valence-electron chi connectivity index (χ1n) is 8.42. The molecule has 1 N–H and O–H groups in total. The molecular weight excluding hydrogens is 336 g/mol. The summed E-state index contributed by atoms with van der Waals surface area (Å²) in [6.07, 6.45) is 1.23. The van der Waals surface area contributed by atoms with Gasteiger partial charge in [0.15, 0.2) is 0 Å². The number of hydrogen-bond donors (Lipinski definition) is 1. The summed E-state index contributed by atoms with van der Waals surface area (Å²) < 4.78 is 0. The second-order valence-electron chi connectivity index (χ2n) is 6.78. The van der Waals surface area contributed by atoms with E-state index < -0.39 is 0 Å². The quantitative estimate of drug-likeness (QED) is 0.913. The molecule has 1 heterocycles. The maximum atomic E-state index is 12.5. The molecule has 2 aromatic carbocycles. The minimum absolute atomic E-state index is 0.0358. The first-order chi connectivity index (χ1) is 11.9. The van der Waals surface area contributed by atoms with E-state index in [4.69, 9.17) is 11.6 Å². The maximum absolute atomic E-state index is 12.5. The minimum Gasteiger partial charge on any atom is -0.506 e. The largest absolute Gasteiger partial charge is 0.506 e. The van der Waals surface area contributed by atoms with Crippen LogP contribution >= 0.6 is 11.6 Å². The molecule has 5 heteroatoms. The highest BCUT2D eigenvalue weighted by atomic mass is 35.5. The molecule has 1 aliphatic heterocycles. The predicted molar refractivity (Wildman–Crippen MR) is 99.9 cm³/mol. The summed E-state index contributed by atoms with van der Waals surface area (Å²) in [5.74, 6) is 0.0859. The summed E-state index contributed by atoms with van der Waals surface area (Å²) in [5.41, 5.74) is 3.55. The molecule has 0 fully saturated rings. The summed E-state index contributed by atoms with van der Waals surface area (Å²) in [4.78, 5) is 16.6. The number of halogens is 1. The van der Waals surface area contributed by atoms with Gasteiger partial charge in [0.25, 0.3) is 0 Å². The molecule has 25 heavy (non-hydrogen) atoms. The second-order valence-corrected chi connectivity index (χ2v) is 7.19. The van der Waals surface area contributed by atoms with Gasteiger partial charge in [-0.25, -0.2) is 0 Å². The fourth-order valence-corrected chi connectivity index (χ4v) is 3.51. The Kier molecular flexibility index (Phi) is 5.30. The average molecular weight is 359 g/mol. The van der Waals surface area contributed by atoms with Gasteiger partial charge in [0.1, 0.15) is 5.75 Å². The zero-order chi connectivity index (χ0) is 18.0. The molecule has 0 spiro atoms. The molecule has 2 aromatic rings. The standard InChI is InChI=1S/C20H23ClN2O2/c1-22-12-16-6-4-3-5-15(16)11-17(22)13-23(2)20(25)10-14-7-8-19(24)18(21)9-14/h3-9,17,24H,10-13H2,1-2H3/t17-/m1/s1. The van der Waals surface area contributed by atoms with Crippen LogP contribution in [0.4, 0.5) is 0 Å². The number of benzene rings is 2. The highest BCUT2D eigenvalue weighted by Gasteiger charge is 2.25. The number of nitrogens with zero attached hydrogens (tertiary/aromatic N) is 2. The lowest BCUT2D eigenvalue weighted by Crippen LogP contribution is -2.46. The van der Waals surface area contributed by atoms with Crippen LogP contribution in [0.5, 0.6) is 5.75 Å². The van der Waals surface area contributed by atoms with Crippen molar-refractivity contribution in [3.8, 4) is 5.75 Å². The third-order valence-corrected chi connectivity index (χ3v) is 5.20. The van der Waals surface area contributed by atoms with Crippen LogP contribution in [0, 0.1) is 0 Å². The van der Waals surface area contributed by atoms with Gasteiger partial charge in [-0.2, -0.15) is 0 Å². The lowest BCUT2D eigenvalue weighted by molar-refractivity contribution is -0.129. The fraction of sp³-hybridized carbons (Fsp3) is 0.350. The first-order valence-corrected chi connectivity index (χ1v) is 8.80. The Balaban J connectivity index is 1.62. The van der Waals surface area contributed by atoms with Crippen molar-refractivity contribution < 1.29 is 9.90 Å². The second kappa shape index (κ2) is 7.46. The van der Waals surface area contributed by atoms with E-state index in [1.807, 2.05) is 7.05 Å². The zero-order valence-electron chi connectivity index (χ0n) is 14.6. The molecule has 0 unspecified atom stereocenters. The SMILES string of the molecule is CN(C[C@H]1Cc2ccccc2CN1C)C(=O)Cc1ccc(O)c(Cl)c1. The van der Waals surface area contributed by atoms with E-state index in [2.05, 4.69) is 36.2 Å². The van der Waals surface area contributed by atoms with E-state index in [1.54, 1.807) is 17.0 Å². The Morgan fingerprint density at radius 1 is 1.28 bits per heavy atom. The molecule has 1 amide bonds. The average Bonchev–Trinajstić information content (AvgIpc) is 2.58. The van der Waals surface area contributed by atoms with Crippen molar-refractivity contribution in [2.24, 2.45) is 0 Å². The smallest absolute Gasteiger partial charge is 0.226 e. The Morgan fingerprint density at radius 2 is 2.00 bits per heavy atom. The van der Waals surface area contributed by atoms with E-state index in [-0.39, 0.29) is 23.1 Å². The zero-order valence-corrected chi connectivity index (χ0v) is 15.3. The highest BCUT2D eigenvalue weighted by molar-refractivity contribution is 6.32. The lowest BCUT2D eigenvalue weighted by atomic mass is 9.94. The van der Waals surface area contributed by atoms with Crippen LogP contribution in [0.25, 0.3) is 0 Å². The minimum atomic E-state index is 0.0358. The molecule has 4 nitrogen and oxygen atoms in total. The summed E-state index contributed by atoms with van der Waals surface area (Å²) in [5, 5.41) is 9.75. The van der Waals surface area contributed by atoms with Gasteiger partial charge < -0.3 is 10.0 Å². The molecular formula is C20H23ClN2O2. The Bertz CT molecular complexity index is 778. The van der Waals surface area contributed by atoms with Crippen LogP contribution < -0.4 is 0 Å². The van der Waals surface area contributed by atoms with E-state index in [0.29, 0.717) is 12.6 Å². The lowest BCUT2D eigenvalue weighted by Gasteiger charge is -2.36. The van der Waals surface area contributed by atoms with Gasteiger partial charge in [0.2, 0.25) is 5.91 Å². The summed E-state index contributed by atoms with van der Waals surface area (Å²) in [6, 6.07) is 13.7. The monoisotopic (exact) mass is 358 g/mol. The number of fused-ring (bicyclic) bond motifs is 1. The van der Waals surface area contributed by atoms with E-state index in [9.17, 15) is 9.90 Å². The topological polar surface area (TPSA) is 43.8 Å². The number of hydrogen-bond acceptors (Lipinski definition) is 3. The number of amides is 1. The van der Waals surface area contributed by atoms with Gasteiger partial charge in [0, 0.05) is 26.2 Å². The van der Waals surface area contributed by atoms with Gasteiger partial charge in [-0.05, 0) is 42.3 Å². The molecule has 0 saturated heterocycles. The number of phenolic OH excluding ortho intramolecular Hbond substituents is 1. The van der Waals surface area contributed by atoms with Gasteiger partial charge in [-0.15, -0.1) is 0 Å². The van der Waals surface area contributed by atoms with E-state index in [1.165, 1.54) is 17.2 Å². The first kappa shape index (κ1) is 17.8. The summed E-state index contributed by atoms with van der Waals surface area (Å²) >= 11 is 5.92. The van der Waals surface area contributed by atoms with Crippen molar-refractivity contribution in [1.29, 1.82) is 0 Å². The third-order valence-electron chi connectivity index (χ3n) is 4.89. The Hall–Kier alpha value is -2.04. The molecule has 132 valence electrons. The van der Waals surface area contributed by atoms with Gasteiger partial charge >= 0.3 is 0 Å². The number of rotatable bonds is 4.